The van der Waals surface area contributed by atoms with Crippen LogP contribution in [0.4, 0.5) is 11.4 Å². The Morgan fingerprint density at radius 3 is 2.81 bits per heavy atom. The van der Waals surface area contributed by atoms with Crippen molar-refractivity contribution >= 4 is 11.4 Å². The SMILES string of the molecule is Nc1ccc(OCC(O)CO)cc1[N+](=O)[O-]. The van der Waals surface area contributed by atoms with E-state index in [2.05, 4.69) is 0 Å². The van der Waals surface area contributed by atoms with Crippen LogP contribution < -0.4 is 10.5 Å². The van der Waals surface area contributed by atoms with Crippen molar-refractivity contribution in [3.63, 3.8) is 0 Å². The number of benzene rings is 1. The number of nitro groups is 1. The van der Waals surface area contributed by atoms with Gasteiger partial charge in [0, 0.05) is 0 Å². The van der Waals surface area contributed by atoms with Gasteiger partial charge in [-0.15, -0.1) is 0 Å². The second kappa shape index (κ2) is 5.29. The molecule has 88 valence electrons. The number of aliphatic hydroxyl groups excluding tert-OH is 2. The fourth-order valence-electron chi connectivity index (χ4n) is 1.02. The van der Waals surface area contributed by atoms with Crippen LogP contribution in [-0.4, -0.2) is 34.5 Å². The smallest absolute Gasteiger partial charge is 0.295 e. The lowest BCUT2D eigenvalue weighted by Crippen LogP contribution is -2.21. The third-order valence-electron chi connectivity index (χ3n) is 1.85. The highest BCUT2D eigenvalue weighted by atomic mass is 16.6. The summed E-state index contributed by atoms with van der Waals surface area (Å²) in [5, 5.41) is 28.1. The first-order chi connectivity index (χ1) is 7.54. The molecule has 16 heavy (non-hydrogen) atoms. The summed E-state index contributed by atoms with van der Waals surface area (Å²) < 4.78 is 5.03. The molecule has 4 N–H and O–H groups in total. The zero-order valence-corrected chi connectivity index (χ0v) is 8.37. The van der Waals surface area contributed by atoms with Crippen LogP contribution in [0.2, 0.25) is 0 Å². The molecule has 7 heteroatoms. The summed E-state index contributed by atoms with van der Waals surface area (Å²) in [7, 11) is 0. The van der Waals surface area contributed by atoms with Crippen LogP contribution in [0.15, 0.2) is 18.2 Å². The van der Waals surface area contributed by atoms with Gasteiger partial charge in [-0.2, -0.15) is 0 Å². The van der Waals surface area contributed by atoms with Gasteiger partial charge in [-0.3, -0.25) is 10.1 Å². The van der Waals surface area contributed by atoms with Crippen molar-refractivity contribution in [1.82, 2.24) is 0 Å². The van der Waals surface area contributed by atoms with Crippen LogP contribution >= 0.6 is 0 Å². The van der Waals surface area contributed by atoms with Gasteiger partial charge >= 0.3 is 0 Å². The summed E-state index contributed by atoms with van der Waals surface area (Å²) >= 11 is 0. The first-order valence-electron chi connectivity index (χ1n) is 4.50. The van der Waals surface area contributed by atoms with E-state index in [1.54, 1.807) is 0 Å². The zero-order chi connectivity index (χ0) is 12.1. The van der Waals surface area contributed by atoms with E-state index in [9.17, 15) is 10.1 Å². The number of ether oxygens (including phenoxy) is 1. The van der Waals surface area contributed by atoms with Gasteiger partial charge < -0.3 is 20.7 Å². The molecular weight excluding hydrogens is 216 g/mol. The number of hydrogen-bond donors (Lipinski definition) is 3. The molecule has 0 heterocycles. The molecule has 0 amide bonds. The van der Waals surface area contributed by atoms with Crippen molar-refractivity contribution in [2.45, 2.75) is 6.10 Å². The van der Waals surface area contributed by atoms with Gasteiger partial charge in [0.25, 0.3) is 5.69 Å². The van der Waals surface area contributed by atoms with E-state index in [1.807, 2.05) is 0 Å². The van der Waals surface area contributed by atoms with Crippen LogP contribution in [0.25, 0.3) is 0 Å². The number of rotatable bonds is 5. The van der Waals surface area contributed by atoms with E-state index in [0.29, 0.717) is 0 Å². The Morgan fingerprint density at radius 1 is 1.56 bits per heavy atom. The van der Waals surface area contributed by atoms with Crippen molar-refractivity contribution in [2.24, 2.45) is 0 Å². The number of anilines is 1. The summed E-state index contributed by atoms with van der Waals surface area (Å²) in [6.45, 7) is -0.575. The maximum atomic E-state index is 10.5. The van der Waals surface area contributed by atoms with Crippen LogP contribution in [0, 0.1) is 10.1 Å². The van der Waals surface area contributed by atoms with E-state index < -0.39 is 17.6 Å². The standard InChI is InChI=1S/C9H12N2O5/c10-8-2-1-7(3-9(8)11(14)15)16-5-6(13)4-12/h1-3,6,12-13H,4-5,10H2. The topological polar surface area (TPSA) is 119 Å². The molecule has 1 aromatic carbocycles. The van der Waals surface area contributed by atoms with Crippen LogP contribution in [0.5, 0.6) is 5.75 Å². The van der Waals surface area contributed by atoms with Gasteiger partial charge in [-0.1, -0.05) is 0 Å². The minimum atomic E-state index is -1.02. The van der Waals surface area contributed by atoms with E-state index in [1.165, 1.54) is 18.2 Å². The van der Waals surface area contributed by atoms with E-state index in [4.69, 9.17) is 20.7 Å². The summed E-state index contributed by atoms with van der Waals surface area (Å²) in [5.74, 6) is 0.216. The van der Waals surface area contributed by atoms with Crippen LogP contribution in [-0.2, 0) is 0 Å². The number of nitrogens with zero attached hydrogens (tertiary/aromatic N) is 1. The monoisotopic (exact) mass is 228 g/mol. The van der Waals surface area contributed by atoms with Gasteiger partial charge in [0.2, 0.25) is 0 Å². The minimum Gasteiger partial charge on any atom is -0.491 e. The Hall–Kier alpha value is -1.86. The van der Waals surface area contributed by atoms with Gasteiger partial charge in [-0.05, 0) is 12.1 Å². The average Bonchev–Trinajstić information content (AvgIpc) is 2.27. The largest absolute Gasteiger partial charge is 0.491 e. The molecule has 0 aliphatic heterocycles. The molecule has 0 aliphatic rings. The Balaban J connectivity index is 2.75. The molecular formula is C9H12N2O5. The predicted molar refractivity (Wildman–Crippen MR) is 56.1 cm³/mol. The van der Waals surface area contributed by atoms with Gasteiger partial charge in [-0.25, -0.2) is 0 Å². The molecule has 1 aromatic rings. The molecule has 0 radical (unpaired) electrons. The second-order valence-corrected chi connectivity index (χ2v) is 3.13. The first-order valence-corrected chi connectivity index (χ1v) is 4.50. The lowest BCUT2D eigenvalue weighted by Gasteiger charge is -2.09. The fourth-order valence-corrected chi connectivity index (χ4v) is 1.02. The predicted octanol–water partition coefficient (Wildman–Crippen LogP) is -0.0910. The molecule has 1 unspecified atom stereocenters. The van der Waals surface area contributed by atoms with E-state index in [-0.39, 0.29) is 23.7 Å². The summed E-state index contributed by atoms with van der Waals surface area (Å²) in [4.78, 5) is 9.93. The Morgan fingerprint density at radius 2 is 2.25 bits per heavy atom. The van der Waals surface area contributed by atoms with Crippen molar-refractivity contribution in [3.05, 3.63) is 28.3 Å². The van der Waals surface area contributed by atoms with Gasteiger partial charge in [0.1, 0.15) is 24.1 Å². The first kappa shape index (κ1) is 12.2. The van der Waals surface area contributed by atoms with E-state index >= 15 is 0 Å². The Bertz CT molecular complexity index is 382. The van der Waals surface area contributed by atoms with Crippen molar-refractivity contribution in [2.75, 3.05) is 18.9 Å². The van der Waals surface area contributed by atoms with Crippen molar-refractivity contribution < 1.29 is 19.9 Å². The number of aliphatic hydroxyl groups is 2. The fraction of sp³-hybridized carbons (Fsp3) is 0.333. The lowest BCUT2D eigenvalue weighted by molar-refractivity contribution is -0.384. The molecule has 7 nitrogen and oxygen atoms in total. The van der Waals surface area contributed by atoms with Gasteiger partial charge in [0.15, 0.2) is 0 Å². The van der Waals surface area contributed by atoms with Crippen LogP contribution in [0.1, 0.15) is 0 Å². The molecule has 0 fully saturated rings. The highest BCUT2D eigenvalue weighted by molar-refractivity contribution is 5.60. The van der Waals surface area contributed by atoms with Gasteiger partial charge in [0.05, 0.1) is 17.6 Å². The summed E-state index contributed by atoms with van der Waals surface area (Å²) in [6, 6.07) is 3.96. The average molecular weight is 228 g/mol. The molecule has 1 rings (SSSR count). The van der Waals surface area contributed by atoms with Crippen molar-refractivity contribution in [1.29, 1.82) is 0 Å². The molecule has 0 saturated carbocycles. The zero-order valence-electron chi connectivity index (χ0n) is 8.37. The van der Waals surface area contributed by atoms with Crippen molar-refractivity contribution in [3.8, 4) is 5.75 Å². The lowest BCUT2D eigenvalue weighted by atomic mass is 10.2. The maximum absolute atomic E-state index is 10.5. The highest BCUT2D eigenvalue weighted by Gasteiger charge is 2.13. The Kier molecular flexibility index (Phi) is 4.03. The Labute approximate surface area is 91.2 Å². The number of nitrogens with two attached hydrogens (primary N) is 1. The third-order valence-corrected chi connectivity index (χ3v) is 1.85. The molecule has 0 aliphatic carbocycles. The quantitative estimate of drug-likeness (QED) is 0.368. The minimum absolute atomic E-state index is 0.0417. The number of hydrogen-bond acceptors (Lipinski definition) is 6. The number of nitrogen functional groups attached to an aromatic ring is 1. The van der Waals surface area contributed by atoms with Crippen LogP contribution in [0.3, 0.4) is 0 Å². The summed E-state index contributed by atoms with van der Waals surface area (Å²) in [6.07, 6.45) is -1.02. The normalized spacial score (nSPS) is 12.1. The molecule has 0 saturated heterocycles. The maximum Gasteiger partial charge on any atom is 0.295 e. The highest BCUT2D eigenvalue weighted by Crippen LogP contribution is 2.26. The molecule has 0 spiro atoms. The van der Waals surface area contributed by atoms with E-state index in [0.717, 1.165) is 0 Å². The third kappa shape index (κ3) is 3.07. The molecule has 0 aromatic heterocycles. The number of nitro benzene ring substituents is 1. The molecule has 1 atom stereocenters. The second-order valence-electron chi connectivity index (χ2n) is 3.13. The molecule has 0 bridgehead atoms. The summed E-state index contributed by atoms with van der Waals surface area (Å²) in [5.41, 5.74) is 5.17.